The van der Waals surface area contributed by atoms with E-state index in [1.807, 2.05) is 55.5 Å². The van der Waals surface area contributed by atoms with E-state index < -0.39 is 0 Å². The molecule has 0 atom stereocenters. The van der Waals surface area contributed by atoms with E-state index in [2.05, 4.69) is 39.2 Å². The van der Waals surface area contributed by atoms with Gasteiger partial charge in [-0.15, -0.1) is 0 Å². The Kier molecular flexibility index (Phi) is 6.89. The van der Waals surface area contributed by atoms with E-state index in [1.165, 1.54) is 5.69 Å². The zero-order valence-corrected chi connectivity index (χ0v) is 18.9. The molecular weight excluding hydrogens is 404 g/mol. The van der Waals surface area contributed by atoms with Crippen molar-refractivity contribution in [3.63, 3.8) is 0 Å². The lowest BCUT2D eigenvalue weighted by Crippen LogP contribution is -2.46. The standard InChI is InChI=1S/C25H28N4OS/c1-3-28-14-16-29(17-15-28)21-9-12-23(19(2)18-21)27-25(30)20-7-10-22(11-8-20)31-24-6-4-5-13-26-24/h4-13,18H,3,14-17H2,1-2H3,(H,27,30). The molecule has 0 radical (unpaired) electrons. The van der Waals surface area contributed by atoms with Gasteiger partial charge < -0.3 is 15.1 Å². The first-order chi connectivity index (χ1) is 15.1. The number of aromatic nitrogens is 1. The predicted octanol–water partition coefficient (Wildman–Crippen LogP) is 4.94. The average Bonchev–Trinajstić information content (AvgIpc) is 2.81. The van der Waals surface area contributed by atoms with Gasteiger partial charge in [-0.1, -0.05) is 24.8 Å². The zero-order chi connectivity index (χ0) is 21.6. The van der Waals surface area contributed by atoms with E-state index >= 15 is 0 Å². The van der Waals surface area contributed by atoms with Gasteiger partial charge in [-0.3, -0.25) is 4.79 Å². The van der Waals surface area contributed by atoms with Crippen LogP contribution in [0.2, 0.25) is 0 Å². The van der Waals surface area contributed by atoms with Crippen LogP contribution in [0, 0.1) is 6.92 Å². The van der Waals surface area contributed by atoms with E-state index in [9.17, 15) is 4.79 Å². The molecule has 2 aromatic carbocycles. The molecule has 0 saturated carbocycles. The number of carbonyl (C=O) groups excluding carboxylic acids is 1. The molecule has 5 nitrogen and oxygen atoms in total. The van der Waals surface area contributed by atoms with Crippen molar-refractivity contribution in [3.05, 3.63) is 78.0 Å². The molecule has 0 spiro atoms. The maximum Gasteiger partial charge on any atom is 0.255 e. The third-order valence-corrected chi connectivity index (χ3v) is 6.58. The first kappa shape index (κ1) is 21.4. The van der Waals surface area contributed by atoms with Gasteiger partial charge in [0, 0.05) is 54.2 Å². The van der Waals surface area contributed by atoms with Crippen LogP contribution in [-0.2, 0) is 0 Å². The Morgan fingerprint density at radius 3 is 2.45 bits per heavy atom. The number of carbonyl (C=O) groups is 1. The van der Waals surface area contributed by atoms with Crippen LogP contribution in [0.4, 0.5) is 11.4 Å². The quantitative estimate of drug-likeness (QED) is 0.598. The van der Waals surface area contributed by atoms with Gasteiger partial charge in [-0.2, -0.15) is 0 Å². The maximum absolute atomic E-state index is 12.7. The number of hydrogen-bond acceptors (Lipinski definition) is 5. The molecule has 1 aliphatic heterocycles. The molecule has 1 aliphatic rings. The Hall–Kier alpha value is -2.83. The Morgan fingerprint density at radius 1 is 1.03 bits per heavy atom. The summed E-state index contributed by atoms with van der Waals surface area (Å²) in [5.74, 6) is -0.0956. The van der Waals surface area contributed by atoms with Crippen LogP contribution >= 0.6 is 11.8 Å². The van der Waals surface area contributed by atoms with Gasteiger partial charge in [-0.05, 0) is 73.6 Å². The smallest absolute Gasteiger partial charge is 0.255 e. The molecule has 1 aromatic heterocycles. The Morgan fingerprint density at radius 2 is 1.81 bits per heavy atom. The highest BCUT2D eigenvalue weighted by atomic mass is 32.2. The van der Waals surface area contributed by atoms with Gasteiger partial charge in [0.2, 0.25) is 0 Å². The number of rotatable bonds is 6. The molecule has 31 heavy (non-hydrogen) atoms. The molecule has 3 aromatic rings. The van der Waals surface area contributed by atoms with Crippen molar-refractivity contribution in [3.8, 4) is 0 Å². The summed E-state index contributed by atoms with van der Waals surface area (Å²) < 4.78 is 0. The van der Waals surface area contributed by atoms with Crippen LogP contribution < -0.4 is 10.2 Å². The molecule has 0 bridgehead atoms. The maximum atomic E-state index is 12.7. The van der Waals surface area contributed by atoms with E-state index in [4.69, 9.17) is 0 Å². The summed E-state index contributed by atoms with van der Waals surface area (Å²) in [5, 5.41) is 3.99. The van der Waals surface area contributed by atoms with E-state index in [-0.39, 0.29) is 5.91 Å². The van der Waals surface area contributed by atoms with Gasteiger partial charge in [0.25, 0.3) is 5.91 Å². The molecule has 160 valence electrons. The van der Waals surface area contributed by atoms with Gasteiger partial charge in [0.1, 0.15) is 5.03 Å². The summed E-state index contributed by atoms with van der Waals surface area (Å²) in [4.78, 5) is 23.0. The number of amides is 1. The fourth-order valence-corrected chi connectivity index (χ4v) is 4.48. The van der Waals surface area contributed by atoms with Crippen molar-refractivity contribution in [1.29, 1.82) is 0 Å². The molecular formula is C25H28N4OS. The number of aryl methyl sites for hydroxylation is 1. The first-order valence-electron chi connectivity index (χ1n) is 10.7. The van der Waals surface area contributed by atoms with Crippen molar-refractivity contribution in [2.45, 2.75) is 23.8 Å². The molecule has 1 fully saturated rings. The highest BCUT2D eigenvalue weighted by Crippen LogP contribution is 2.27. The number of piperazine rings is 1. The number of benzene rings is 2. The van der Waals surface area contributed by atoms with Crippen LogP contribution in [0.1, 0.15) is 22.8 Å². The molecule has 0 unspecified atom stereocenters. The van der Waals surface area contributed by atoms with E-state index in [0.29, 0.717) is 5.56 Å². The third-order valence-electron chi connectivity index (χ3n) is 5.62. The van der Waals surface area contributed by atoms with Gasteiger partial charge >= 0.3 is 0 Å². The normalized spacial score (nSPS) is 14.5. The van der Waals surface area contributed by atoms with E-state index in [0.717, 1.165) is 53.9 Å². The van der Waals surface area contributed by atoms with Crippen molar-refractivity contribution in [2.75, 3.05) is 42.9 Å². The lowest BCUT2D eigenvalue weighted by atomic mass is 10.1. The molecule has 1 saturated heterocycles. The molecule has 2 heterocycles. The van der Waals surface area contributed by atoms with Crippen molar-refractivity contribution < 1.29 is 4.79 Å². The fourth-order valence-electron chi connectivity index (χ4n) is 3.70. The summed E-state index contributed by atoms with van der Waals surface area (Å²) in [6.07, 6.45) is 1.78. The van der Waals surface area contributed by atoms with Crippen molar-refractivity contribution in [2.24, 2.45) is 0 Å². The molecule has 1 amide bonds. The summed E-state index contributed by atoms with van der Waals surface area (Å²) in [7, 11) is 0. The molecule has 4 rings (SSSR count). The van der Waals surface area contributed by atoms with Crippen LogP contribution in [-0.4, -0.2) is 48.5 Å². The van der Waals surface area contributed by atoms with Crippen LogP contribution in [0.3, 0.4) is 0 Å². The summed E-state index contributed by atoms with van der Waals surface area (Å²) in [6, 6.07) is 19.8. The second kappa shape index (κ2) is 9.98. The fraction of sp³-hybridized carbons (Fsp3) is 0.280. The van der Waals surface area contributed by atoms with Crippen LogP contribution in [0.5, 0.6) is 0 Å². The number of anilines is 2. The van der Waals surface area contributed by atoms with Crippen molar-refractivity contribution >= 4 is 29.0 Å². The number of pyridine rings is 1. The predicted molar refractivity (Wildman–Crippen MR) is 128 cm³/mol. The van der Waals surface area contributed by atoms with Crippen LogP contribution in [0.25, 0.3) is 0 Å². The largest absolute Gasteiger partial charge is 0.369 e. The Labute approximate surface area is 188 Å². The van der Waals surface area contributed by atoms with E-state index in [1.54, 1.807) is 18.0 Å². The number of likely N-dealkylation sites (N-methyl/N-ethyl adjacent to an activating group) is 1. The first-order valence-corrected chi connectivity index (χ1v) is 11.5. The minimum atomic E-state index is -0.0956. The van der Waals surface area contributed by atoms with Crippen molar-refractivity contribution in [1.82, 2.24) is 9.88 Å². The second-order valence-corrected chi connectivity index (χ2v) is 8.76. The highest BCUT2D eigenvalue weighted by Gasteiger charge is 2.17. The average molecular weight is 433 g/mol. The van der Waals surface area contributed by atoms with Crippen LogP contribution in [0.15, 0.2) is 76.8 Å². The van der Waals surface area contributed by atoms with Gasteiger partial charge in [0.15, 0.2) is 0 Å². The topological polar surface area (TPSA) is 48.5 Å². The molecule has 0 aliphatic carbocycles. The summed E-state index contributed by atoms with van der Waals surface area (Å²) in [6.45, 7) is 9.66. The summed E-state index contributed by atoms with van der Waals surface area (Å²) >= 11 is 1.58. The monoisotopic (exact) mass is 432 g/mol. The minimum Gasteiger partial charge on any atom is -0.369 e. The van der Waals surface area contributed by atoms with Gasteiger partial charge in [-0.25, -0.2) is 4.98 Å². The number of nitrogens with zero attached hydrogens (tertiary/aromatic N) is 3. The number of nitrogens with one attached hydrogen (secondary N) is 1. The lowest BCUT2D eigenvalue weighted by Gasteiger charge is -2.35. The highest BCUT2D eigenvalue weighted by molar-refractivity contribution is 7.99. The number of hydrogen-bond donors (Lipinski definition) is 1. The molecule has 6 heteroatoms. The Balaban J connectivity index is 1.38. The Bertz CT molecular complexity index is 1020. The summed E-state index contributed by atoms with van der Waals surface area (Å²) in [5.41, 5.74) is 3.80. The zero-order valence-electron chi connectivity index (χ0n) is 18.0. The third kappa shape index (κ3) is 5.46. The minimum absolute atomic E-state index is 0.0956. The second-order valence-electron chi connectivity index (χ2n) is 7.67. The van der Waals surface area contributed by atoms with Gasteiger partial charge in [0.05, 0.1) is 0 Å². The SMILES string of the molecule is CCN1CCN(c2ccc(NC(=O)c3ccc(Sc4ccccn4)cc3)c(C)c2)CC1. The molecule has 1 N–H and O–H groups in total. The lowest BCUT2D eigenvalue weighted by molar-refractivity contribution is 0.102.